The molecule has 2 fully saturated rings. The molecule has 5 unspecified atom stereocenters. The van der Waals surface area contributed by atoms with E-state index in [2.05, 4.69) is 34.1 Å². The zero-order valence-corrected chi connectivity index (χ0v) is 20.2. The lowest BCUT2D eigenvalue weighted by Gasteiger charge is -2.37. The summed E-state index contributed by atoms with van der Waals surface area (Å²) in [6, 6.07) is 18.1. The zero-order chi connectivity index (χ0) is 24.4. The number of ether oxygens (including phenoxy) is 1. The lowest BCUT2D eigenvalue weighted by Crippen LogP contribution is -2.44. The lowest BCUT2D eigenvalue weighted by molar-refractivity contribution is -0.146. The van der Waals surface area contributed by atoms with Crippen LogP contribution in [-0.4, -0.2) is 52.8 Å². The molecule has 1 aliphatic heterocycles. The molecule has 1 aliphatic carbocycles. The molecular formula is C29H34N2O4. The quantitative estimate of drug-likeness (QED) is 0.460. The minimum absolute atomic E-state index is 0.0742. The third-order valence-electron chi connectivity index (χ3n) is 7.95. The van der Waals surface area contributed by atoms with Crippen molar-refractivity contribution in [3.05, 3.63) is 71.9 Å². The van der Waals surface area contributed by atoms with E-state index >= 15 is 0 Å². The highest BCUT2D eigenvalue weighted by atomic mass is 16.5. The first-order valence-electron chi connectivity index (χ1n) is 12.6. The summed E-state index contributed by atoms with van der Waals surface area (Å²) in [7, 11) is 1.62. The molecule has 184 valence electrons. The van der Waals surface area contributed by atoms with Crippen molar-refractivity contribution in [3.8, 4) is 5.75 Å². The van der Waals surface area contributed by atoms with E-state index in [0.717, 1.165) is 41.7 Å². The summed E-state index contributed by atoms with van der Waals surface area (Å²) >= 11 is 0. The summed E-state index contributed by atoms with van der Waals surface area (Å²) in [5, 5.41) is 21.9. The minimum atomic E-state index is -0.719. The maximum Gasteiger partial charge on any atom is 0.308 e. The number of carboxylic acid groups (broad SMARTS) is 1. The van der Waals surface area contributed by atoms with Crippen molar-refractivity contribution in [1.82, 2.24) is 9.88 Å². The number of carbonyl (C=O) groups is 1. The van der Waals surface area contributed by atoms with E-state index in [-0.39, 0.29) is 11.8 Å². The van der Waals surface area contributed by atoms with Gasteiger partial charge in [0.25, 0.3) is 0 Å². The van der Waals surface area contributed by atoms with Gasteiger partial charge in [0.15, 0.2) is 0 Å². The average molecular weight is 475 g/mol. The molecule has 5 atom stereocenters. The maximum absolute atomic E-state index is 12.1. The monoisotopic (exact) mass is 474 g/mol. The number of hydrogen-bond donors (Lipinski definition) is 2. The molecule has 2 aliphatic rings. The standard InChI is InChI=1S/C29H34N2O4/c1-35-22-8-9-27-25(16-22)23(11-13-30-27)28(32)10-7-20-12-14-31(18-26(20)29(33)34)17-21-15-24(21)19-5-3-2-4-6-19/h2-6,8-9,11,13,16,20-21,24,26,28,32H,7,10,12,14-15,17-18H2,1H3,(H,33,34). The number of benzene rings is 2. The largest absolute Gasteiger partial charge is 0.497 e. The first-order chi connectivity index (χ1) is 17.0. The van der Waals surface area contributed by atoms with Crippen LogP contribution in [0, 0.1) is 17.8 Å². The second-order valence-electron chi connectivity index (χ2n) is 10.1. The van der Waals surface area contributed by atoms with Crippen molar-refractivity contribution < 1.29 is 19.7 Å². The summed E-state index contributed by atoms with van der Waals surface area (Å²) in [6.07, 6.45) is 4.32. The van der Waals surface area contributed by atoms with Gasteiger partial charge in [-0.1, -0.05) is 30.3 Å². The Hall–Kier alpha value is -2.96. The third kappa shape index (κ3) is 5.34. The van der Waals surface area contributed by atoms with E-state index in [1.54, 1.807) is 13.3 Å². The van der Waals surface area contributed by atoms with Gasteiger partial charge in [-0.2, -0.15) is 0 Å². The van der Waals surface area contributed by atoms with E-state index < -0.39 is 12.1 Å². The number of methoxy groups -OCH3 is 1. The second-order valence-corrected chi connectivity index (χ2v) is 10.1. The fourth-order valence-electron chi connectivity index (χ4n) is 5.84. The maximum atomic E-state index is 12.1. The van der Waals surface area contributed by atoms with Crippen molar-refractivity contribution in [1.29, 1.82) is 0 Å². The number of aromatic nitrogens is 1. The molecule has 1 saturated carbocycles. The van der Waals surface area contributed by atoms with Gasteiger partial charge < -0.3 is 19.8 Å². The second kappa shape index (κ2) is 10.3. The molecule has 0 bridgehead atoms. The Bertz CT molecular complexity index is 1170. The summed E-state index contributed by atoms with van der Waals surface area (Å²) < 4.78 is 5.35. The molecule has 0 spiro atoms. The Morgan fingerprint density at radius 2 is 2.00 bits per heavy atom. The van der Waals surface area contributed by atoms with E-state index in [1.165, 1.54) is 12.0 Å². The molecule has 0 amide bonds. The lowest BCUT2D eigenvalue weighted by atomic mass is 9.81. The first kappa shape index (κ1) is 23.8. The van der Waals surface area contributed by atoms with Gasteiger partial charge in [-0.25, -0.2) is 0 Å². The van der Waals surface area contributed by atoms with E-state index in [9.17, 15) is 15.0 Å². The Morgan fingerprint density at radius 3 is 2.77 bits per heavy atom. The number of carboxylic acids is 1. The van der Waals surface area contributed by atoms with Gasteiger partial charge >= 0.3 is 5.97 Å². The van der Waals surface area contributed by atoms with Gasteiger partial charge in [-0.05, 0) is 85.4 Å². The Morgan fingerprint density at radius 1 is 1.17 bits per heavy atom. The fourth-order valence-corrected chi connectivity index (χ4v) is 5.84. The van der Waals surface area contributed by atoms with Crippen LogP contribution in [0.1, 0.15) is 48.8 Å². The normalized spacial score (nSPS) is 25.3. The van der Waals surface area contributed by atoms with Crippen LogP contribution in [0.3, 0.4) is 0 Å². The highest BCUT2D eigenvalue weighted by Gasteiger charge is 2.41. The number of fused-ring (bicyclic) bond motifs is 1. The van der Waals surface area contributed by atoms with Crippen molar-refractivity contribution in [2.24, 2.45) is 17.8 Å². The topological polar surface area (TPSA) is 82.9 Å². The molecule has 6 nitrogen and oxygen atoms in total. The summed E-state index contributed by atoms with van der Waals surface area (Å²) in [5.74, 6) is 0.929. The molecule has 0 radical (unpaired) electrons. The number of piperidine rings is 1. The molecular weight excluding hydrogens is 440 g/mol. The zero-order valence-electron chi connectivity index (χ0n) is 20.2. The Balaban J connectivity index is 1.19. The van der Waals surface area contributed by atoms with Gasteiger partial charge in [0, 0.05) is 24.7 Å². The van der Waals surface area contributed by atoms with Gasteiger partial charge in [-0.3, -0.25) is 9.78 Å². The van der Waals surface area contributed by atoms with Crippen molar-refractivity contribution >= 4 is 16.9 Å². The van der Waals surface area contributed by atoms with Crippen LogP contribution < -0.4 is 4.74 Å². The Kier molecular flexibility index (Phi) is 7.02. The van der Waals surface area contributed by atoms with Gasteiger partial charge in [0.2, 0.25) is 0 Å². The van der Waals surface area contributed by atoms with Crippen LogP contribution >= 0.6 is 0 Å². The van der Waals surface area contributed by atoms with E-state index in [0.29, 0.717) is 31.2 Å². The van der Waals surface area contributed by atoms with Gasteiger partial charge in [0.05, 0.1) is 24.6 Å². The smallest absolute Gasteiger partial charge is 0.308 e. The highest BCUT2D eigenvalue weighted by Crippen LogP contribution is 2.48. The van der Waals surface area contributed by atoms with E-state index in [1.807, 2.05) is 30.3 Å². The minimum Gasteiger partial charge on any atom is -0.497 e. The van der Waals surface area contributed by atoms with Crippen molar-refractivity contribution in [2.45, 2.75) is 37.7 Å². The van der Waals surface area contributed by atoms with Crippen LogP contribution in [0.5, 0.6) is 5.75 Å². The average Bonchev–Trinajstić information content (AvgIpc) is 3.66. The first-order valence-corrected chi connectivity index (χ1v) is 12.6. The number of pyridine rings is 1. The molecule has 2 heterocycles. The summed E-state index contributed by atoms with van der Waals surface area (Å²) in [6.45, 7) is 2.50. The third-order valence-corrected chi connectivity index (χ3v) is 7.95. The number of aliphatic hydroxyl groups excluding tert-OH is 1. The predicted molar refractivity (Wildman–Crippen MR) is 135 cm³/mol. The van der Waals surface area contributed by atoms with Crippen LogP contribution in [0.2, 0.25) is 0 Å². The van der Waals surface area contributed by atoms with Crippen LogP contribution in [0.4, 0.5) is 0 Å². The van der Waals surface area contributed by atoms with Gasteiger partial charge in [-0.15, -0.1) is 0 Å². The molecule has 1 aromatic heterocycles. The number of aliphatic hydroxyl groups is 1. The predicted octanol–water partition coefficient (Wildman–Crippen LogP) is 4.88. The molecule has 6 heteroatoms. The van der Waals surface area contributed by atoms with Gasteiger partial charge in [0.1, 0.15) is 5.75 Å². The molecule has 5 rings (SSSR count). The number of hydrogen-bond acceptors (Lipinski definition) is 5. The SMILES string of the molecule is COc1ccc2nccc(C(O)CCC3CCN(CC4CC4c4ccccc4)CC3C(=O)O)c2c1. The summed E-state index contributed by atoms with van der Waals surface area (Å²) in [4.78, 5) is 18.9. The number of aliphatic carboxylic acids is 1. The van der Waals surface area contributed by atoms with E-state index in [4.69, 9.17) is 4.74 Å². The molecule has 35 heavy (non-hydrogen) atoms. The van der Waals surface area contributed by atoms with Crippen LogP contribution in [0.15, 0.2) is 60.8 Å². The summed E-state index contributed by atoms with van der Waals surface area (Å²) in [5.41, 5.74) is 3.03. The van der Waals surface area contributed by atoms with Crippen molar-refractivity contribution in [3.63, 3.8) is 0 Å². The fraction of sp³-hybridized carbons (Fsp3) is 0.448. The molecule has 3 aromatic rings. The number of rotatable bonds is 9. The Labute approximate surface area is 206 Å². The highest BCUT2D eigenvalue weighted by molar-refractivity contribution is 5.83. The number of likely N-dealkylation sites (tertiary alicyclic amines) is 1. The number of nitrogens with zero attached hydrogens (tertiary/aromatic N) is 2. The van der Waals surface area contributed by atoms with Crippen molar-refractivity contribution in [2.75, 3.05) is 26.7 Å². The molecule has 2 aromatic carbocycles. The van der Waals surface area contributed by atoms with Crippen LogP contribution in [-0.2, 0) is 4.79 Å². The van der Waals surface area contributed by atoms with Crippen LogP contribution in [0.25, 0.3) is 10.9 Å². The molecule has 1 saturated heterocycles. The molecule has 2 N–H and O–H groups in total.